The zero-order chi connectivity index (χ0) is 17.0. The van der Waals surface area contributed by atoms with Crippen LogP contribution in [0, 0.1) is 5.92 Å². The van der Waals surface area contributed by atoms with Crippen LogP contribution in [0.2, 0.25) is 0 Å². The molecule has 0 aliphatic carbocycles. The van der Waals surface area contributed by atoms with Crippen molar-refractivity contribution in [1.82, 2.24) is 15.3 Å². The Balaban J connectivity index is 2.08. The van der Waals surface area contributed by atoms with Crippen molar-refractivity contribution in [1.29, 1.82) is 0 Å². The first kappa shape index (κ1) is 17.7. The van der Waals surface area contributed by atoms with Gasteiger partial charge in [-0.1, -0.05) is 13.8 Å². The monoisotopic (exact) mass is 323 g/mol. The molecule has 2 rings (SSSR count). The molecule has 0 radical (unpaired) electrons. The predicted octanol–water partition coefficient (Wildman–Crippen LogP) is 3.14. The van der Waals surface area contributed by atoms with Crippen LogP contribution in [-0.4, -0.2) is 33.6 Å². The molecule has 2 heterocycles. The maximum atomic E-state index is 13.1. The molecule has 1 unspecified atom stereocenters. The number of hydrogen-bond donors (Lipinski definition) is 3. The van der Waals surface area contributed by atoms with Crippen LogP contribution in [0.1, 0.15) is 39.8 Å². The Bertz CT molecular complexity index is 642. The predicted molar refractivity (Wildman–Crippen MR) is 89.1 cm³/mol. The molecule has 2 aromatic rings. The van der Waals surface area contributed by atoms with E-state index in [0.29, 0.717) is 18.8 Å². The molecule has 3 N–H and O–H groups in total. The molecule has 6 heteroatoms. The fraction of sp³-hybridized carbons (Fsp3) is 0.588. The van der Waals surface area contributed by atoms with E-state index in [9.17, 15) is 9.50 Å². The molecule has 0 aliphatic heterocycles. The number of H-pyrrole nitrogens is 1. The lowest BCUT2D eigenvalue weighted by Crippen LogP contribution is -2.47. The third-order valence-corrected chi connectivity index (χ3v) is 3.47. The summed E-state index contributed by atoms with van der Waals surface area (Å²) in [5.41, 5.74) is 0.250. The molecule has 23 heavy (non-hydrogen) atoms. The van der Waals surface area contributed by atoms with Gasteiger partial charge in [-0.3, -0.25) is 5.32 Å². The summed E-state index contributed by atoms with van der Waals surface area (Å²) in [7, 11) is 0. The number of halogens is 1. The number of nitrogens with zero attached hydrogens (tertiary/aromatic N) is 1. The number of alkyl halides is 1. The summed E-state index contributed by atoms with van der Waals surface area (Å²) >= 11 is 0. The normalized spacial score (nSPS) is 14.6. The summed E-state index contributed by atoms with van der Waals surface area (Å²) in [6.07, 6.45) is 2.14. The molecule has 0 saturated carbocycles. The van der Waals surface area contributed by atoms with Crippen LogP contribution in [-0.2, 0) is 6.54 Å². The van der Waals surface area contributed by atoms with Gasteiger partial charge in [0.25, 0.3) is 0 Å². The second-order valence-corrected chi connectivity index (χ2v) is 6.69. The number of nitrogens with one attached hydrogen (secondary N) is 2. The largest absolute Gasteiger partial charge is 0.475 e. The first-order valence-corrected chi connectivity index (χ1v) is 7.99. The van der Waals surface area contributed by atoms with Crippen LogP contribution in [0.25, 0.3) is 10.9 Å². The lowest BCUT2D eigenvalue weighted by atomic mass is 10.0. The van der Waals surface area contributed by atoms with Gasteiger partial charge in [-0.2, -0.15) is 0 Å². The Hall–Kier alpha value is -1.66. The second kappa shape index (κ2) is 7.27. The van der Waals surface area contributed by atoms with E-state index >= 15 is 0 Å². The molecule has 0 saturated heterocycles. The smallest absolute Gasteiger partial charge is 0.214 e. The molecule has 5 nitrogen and oxygen atoms in total. The second-order valence-electron chi connectivity index (χ2n) is 6.69. The highest BCUT2D eigenvalue weighted by molar-refractivity contribution is 5.80. The summed E-state index contributed by atoms with van der Waals surface area (Å²) < 4.78 is 18.7. The average molecular weight is 323 g/mol. The van der Waals surface area contributed by atoms with E-state index in [2.05, 4.69) is 15.3 Å². The highest BCUT2D eigenvalue weighted by Gasteiger charge is 2.27. The summed E-state index contributed by atoms with van der Waals surface area (Å²) in [5, 5.41) is 14.1. The minimum Gasteiger partial charge on any atom is -0.475 e. The molecule has 1 atom stereocenters. The third-order valence-electron chi connectivity index (χ3n) is 3.47. The topological polar surface area (TPSA) is 70.2 Å². The van der Waals surface area contributed by atoms with Crippen LogP contribution < -0.4 is 10.1 Å². The minimum absolute atomic E-state index is 0.0654. The zero-order valence-corrected chi connectivity index (χ0v) is 14.2. The Labute approximate surface area is 136 Å². The number of ether oxygens (including phenoxy) is 1. The van der Waals surface area contributed by atoms with Crippen LogP contribution in [0.3, 0.4) is 0 Å². The zero-order valence-electron chi connectivity index (χ0n) is 14.2. The molecule has 0 amide bonds. The number of aliphatic hydroxyl groups is 1. The Kier molecular flexibility index (Phi) is 5.59. The average Bonchev–Trinajstić information content (AvgIpc) is 2.86. The van der Waals surface area contributed by atoms with E-state index in [1.807, 2.05) is 39.8 Å². The molecule has 0 aromatic carbocycles. The lowest BCUT2D eigenvalue weighted by molar-refractivity contribution is -0.0357. The standard InChI is InChI=1S/C17H26FN3O2/c1-11(2)7-17(22,10-18)20-8-14-5-13-6-16(23-12(3)4)19-9-15(13)21-14/h5-6,9,11-12,20-22H,7-8,10H2,1-4H3. The minimum atomic E-state index is -1.49. The molecule has 128 valence electrons. The molecule has 0 bridgehead atoms. The van der Waals surface area contributed by atoms with E-state index in [0.717, 1.165) is 16.6 Å². The first-order chi connectivity index (χ1) is 10.8. The maximum Gasteiger partial charge on any atom is 0.214 e. The number of aromatic nitrogens is 2. The van der Waals surface area contributed by atoms with Gasteiger partial charge in [0, 0.05) is 23.7 Å². The number of rotatable bonds is 8. The van der Waals surface area contributed by atoms with Crippen LogP contribution in [0.15, 0.2) is 18.3 Å². The van der Waals surface area contributed by atoms with Crippen molar-refractivity contribution in [3.05, 3.63) is 24.0 Å². The molecular formula is C17H26FN3O2. The van der Waals surface area contributed by atoms with Crippen LogP contribution in [0.5, 0.6) is 5.88 Å². The van der Waals surface area contributed by atoms with Crippen molar-refractivity contribution in [2.75, 3.05) is 6.67 Å². The van der Waals surface area contributed by atoms with E-state index in [1.54, 1.807) is 6.20 Å². The van der Waals surface area contributed by atoms with Crippen molar-refractivity contribution < 1.29 is 14.2 Å². The highest BCUT2D eigenvalue weighted by atomic mass is 19.1. The van der Waals surface area contributed by atoms with Crippen LogP contribution in [0.4, 0.5) is 4.39 Å². The van der Waals surface area contributed by atoms with Gasteiger partial charge < -0.3 is 14.8 Å². The van der Waals surface area contributed by atoms with Crippen molar-refractivity contribution in [3.63, 3.8) is 0 Å². The Morgan fingerprint density at radius 1 is 1.35 bits per heavy atom. The van der Waals surface area contributed by atoms with Gasteiger partial charge >= 0.3 is 0 Å². The van der Waals surface area contributed by atoms with E-state index in [-0.39, 0.29) is 12.0 Å². The van der Waals surface area contributed by atoms with Gasteiger partial charge in [0.2, 0.25) is 5.88 Å². The molecule has 2 aromatic heterocycles. The number of fused-ring (bicyclic) bond motifs is 1. The Morgan fingerprint density at radius 3 is 2.70 bits per heavy atom. The summed E-state index contributed by atoms with van der Waals surface area (Å²) in [6.45, 7) is 7.33. The highest BCUT2D eigenvalue weighted by Crippen LogP contribution is 2.21. The van der Waals surface area contributed by atoms with E-state index < -0.39 is 12.4 Å². The summed E-state index contributed by atoms with van der Waals surface area (Å²) in [6, 6.07) is 3.82. The number of pyridine rings is 1. The number of aromatic amines is 1. The van der Waals surface area contributed by atoms with Gasteiger partial charge in [0.05, 0.1) is 17.8 Å². The first-order valence-electron chi connectivity index (χ1n) is 7.99. The van der Waals surface area contributed by atoms with Gasteiger partial charge in [0.1, 0.15) is 12.4 Å². The van der Waals surface area contributed by atoms with Crippen molar-refractivity contribution in [3.8, 4) is 5.88 Å². The van der Waals surface area contributed by atoms with Gasteiger partial charge in [0.15, 0.2) is 0 Å². The van der Waals surface area contributed by atoms with Crippen LogP contribution >= 0.6 is 0 Å². The fourth-order valence-corrected chi connectivity index (χ4v) is 2.58. The van der Waals surface area contributed by atoms with Gasteiger partial charge in [-0.25, -0.2) is 9.37 Å². The van der Waals surface area contributed by atoms with Gasteiger partial charge in [-0.05, 0) is 32.3 Å². The third kappa shape index (κ3) is 4.91. The summed E-state index contributed by atoms with van der Waals surface area (Å²) in [4.78, 5) is 7.45. The van der Waals surface area contributed by atoms with E-state index in [1.165, 1.54) is 0 Å². The molecule has 0 fully saturated rings. The molecular weight excluding hydrogens is 297 g/mol. The summed E-state index contributed by atoms with van der Waals surface area (Å²) in [5.74, 6) is 0.775. The SMILES string of the molecule is CC(C)CC(O)(CF)NCc1cc2cc(OC(C)C)ncc2[nH]1. The maximum absolute atomic E-state index is 13.1. The van der Waals surface area contributed by atoms with Gasteiger partial charge in [-0.15, -0.1) is 0 Å². The van der Waals surface area contributed by atoms with Crippen molar-refractivity contribution in [2.45, 2.75) is 52.5 Å². The van der Waals surface area contributed by atoms with E-state index in [4.69, 9.17) is 4.74 Å². The van der Waals surface area contributed by atoms with Crippen molar-refractivity contribution in [2.24, 2.45) is 5.92 Å². The molecule has 0 spiro atoms. The fourth-order valence-electron chi connectivity index (χ4n) is 2.58. The number of hydrogen-bond acceptors (Lipinski definition) is 4. The van der Waals surface area contributed by atoms with Crippen molar-refractivity contribution >= 4 is 10.9 Å². The quantitative estimate of drug-likeness (QED) is 0.653. The lowest BCUT2D eigenvalue weighted by Gasteiger charge is -2.27. The Morgan fingerprint density at radius 2 is 2.09 bits per heavy atom. The molecule has 0 aliphatic rings.